The lowest BCUT2D eigenvalue weighted by Crippen LogP contribution is -2.25. The number of hydrogen-bond acceptors (Lipinski definition) is 4. The number of nitro groups is 1. The average molecular weight is 250 g/mol. The van der Waals surface area contributed by atoms with Crippen molar-refractivity contribution >= 4 is 5.69 Å². The number of non-ortho nitro benzene ring substituents is 1. The first-order chi connectivity index (χ1) is 8.75. The van der Waals surface area contributed by atoms with Gasteiger partial charge in [0.05, 0.1) is 11.5 Å². The quantitative estimate of drug-likeness (QED) is 0.474. The summed E-state index contributed by atoms with van der Waals surface area (Å²) in [5.74, 6) is 0.641. The highest BCUT2D eigenvalue weighted by atomic mass is 16.6. The molecule has 1 atom stereocenters. The van der Waals surface area contributed by atoms with Crippen LogP contribution in [0.1, 0.15) is 12.0 Å². The van der Waals surface area contributed by atoms with Crippen LogP contribution in [0.2, 0.25) is 0 Å². The third kappa shape index (κ3) is 3.78. The fourth-order valence-electron chi connectivity index (χ4n) is 2.07. The fraction of sp³-hybridized carbons (Fsp3) is 0.538. The molecule has 0 aromatic heterocycles. The first-order valence-corrected chi connectivity index (χ1v) is 6.27. The second kappa shape index (κ2) is 6.47. The molecule has 2 rings (SSSR count). The second-order valence-electron chi connectivity index (χ2n) is 4.61. The molecule has 1 fully saturated rings. The molecule has 98 valence electrons. The Balaban J connectivity index is 1.68. The number of hydrogen-bond donors (Lipinski definition) is 1. The number of nitrogens with zero attached hydrogens (tertiary/aromatic N) is 1. The maximum Gasteiger partial charge on any atom is 0.269 e. The molecule has 1 aliphatic heterocycles. The summed E-state index contributed by atoms with van der Waals surface area (Å²) in [7, 11) is 0. The molecule has 1 aliphatic rings. The van der Waals surface area contributed by atoms with E-state index in [1.165, 1.54) is 0 Å². The SMILES string of the molecule is O=[N+]([O-])c1ccc(CCNCC2CCOC2)cc1. The molecule has 18 heavy (non-hydrogen) atoms. The zero-order valence-electron chi connectivity index (χ0n) is 10.3. The van der Waals surface area contributed by atoms with Gasteiger partial charge in [-0.25, -0.2) is 0 Å². The van der Waals surface area contributed by atoms with Crippen molar-refractivity contribution in [3.63, 3.8) is 0 Å². The van der Waals surface area contributed by atoms with Gasteiger partial charge in [0.1, 0.15) is 0 Å². The highest BCUT2D eigenvalue weighted by molar-refractivity contribution is 5.32. The Morgan fingerprint density at radius 2 is 2.17 bits per heavy atom. The van der Waals surface area contributed by atoms with Crippen molar-refractivity contribution in [3.05, 3.63) is 39.9 Å². The van der Waals surface area contributed by atoms with Crippen LogP contribution in [0.3, 0.4) is 0 Å². The van der Waals surface area contributed by atoms with Gasteiger partial charge in [0.25, 0.3) is 5.69 Å². The second-order valence-corrected chi connectivity index (χ2v) is 4.61. The molecule has 5 heteroatoms. The zero-order valence-corrected chi connectivity index (χ0v) is 10.3. The minimum Gasteiger partial charge on any atom is -0.381 e. The van der Waals surface area contributed by atoms with E-state index in [9.17, 15) is 10.1 Å². The summed E-state index contributed by atoms with van der Waals surface area (Å²) < 4.78 is 5.30. The largest absolute Gasteiger partial charge is 0.381 e. The van der Waals surface area contributed by atoms with E-state index in [0.717, 1.165) is 44.7 Å². The molecular weight excluding hydrogens is 232 g/mol. The standard InChI is InChI=1S/C13H18N2O3/c16-15(17)13-3-1-11(2-4-13)5-7-14-9-12-6-8-18-10-12/h1-4,12,14H,5-10H2. The van der Waals surface area contributed by atoms with Gasteiger partial charge in [-0.05, 0) is 30.9 Å². The molecule has 1 saturated heterocycles. The molecule has 1 N–H and O–H groups in total. The monoisotopic (exact) mass is 250 g/mol. The molecule has 0 aliphatic carbocycles. The number of rotatable bonds is 6. The lowest BCUT2D eigenvalue weighted by atomic mass is 10.1. The van der Waals surface area contributed by atoms with Crippen LogP contribution in [0, 0.1) is 16.0 Å². The molecule has 1 aromatic rings. The molecular formula is C13H18N2O3. The van der Waals surface area contributed by atoms with E-state index < -0.39 is 0 Å². The van der Waals surface area contributed by atoms with E-state index >= 15 is 0 Å². The first-order valence-electron chi connectivity index (χ1n) is 6.27. The van der Waals surface area contributed by atoms with Crippen molar-refractivity contribution in [1.82, 2.24) is 5.32 Å². The molecule has 1 unspecified atom stereocenters. The summed E-state index contributed by atoms with van der Waals surface area (Å²) in [6, 6.07) is 6.75. The highest BCUT2D eigenvalue weighted by Crippen LogP contribution is 2.12. The Morgan fingerprint density at radius 3 is 2.78 bits per heavy atom. The van der Waals surface area contributed by atoms with E-state index in [0.29, 0.717) is 5.92 Å². The smallest absolute Gasteiger partial charge is 0.269 e. The van der Waals surface area contributed by atoms with Crippen LogP contribution in [0.5, 0.6) is 0 Å². The maximum atomic E-state index is 10.5. The topological polar surface area (TPSA) is 64.4 Å². The minimum absolute atomic E-state index is 0.148. The Labute approximate surface area is 106 Å². The zero-order chi connectivity index (χ0) is 12.8. The lowest BCUT2D eigenvalue weighted by Gasteiger charge is -2.09. The molecule has 0 radical (unpaired) electrons. The van der Waals surface area contributed by atoms with Gasteiger partial charge >= 0.3 is 0 Å². The fourth-order valence-corrected chi connectivity index (χ4v) is 2.07. The predicted octanol–water partition coefficient (Wildman–Crippen LogP) is 1.76. The van der Waals surface area contributed by atoms with Gasteiger partial charge < -0.3 is 10.1 Å². The molecule has 1 heterocycles. The van der Waals surface area contributed by atoms with Gasteiger partial charge in [0.2, 0.25) is 0 Å². The third-order valence-electron chi connectivity index (χ3n) is 3.19. The number of nitrogens with one attached hydrogen (secondary N) is 1. The third-order valence-corrected chi connectivity index (χ3v) is 3.19. The summed E-state index contributed by atoms with van der Waals surface area (Å²) in [6.07, 6.45) is 2.04. The van der Waals surface area contributed by atoms with Crippen LogP contribution >= 0.6 is 0 Å². The van der Waals surface area contributed by atoms with E-state index in [1.54, 1.807) is 12.1 Å². The van der Waals surface area contributed by atoms with Crippen LogP contribution in [0.4, 0.5) is 5.69 Å². The molecule has 0 amide bonds. The molecule has 0 bridgehead atoms. The normalized spacial score (nSPS) is 19.0. The van der Waals surface area contributed by atoms with Gasteiger partial charge in [0, 0.05) is 25.3 Å². The van der Waals surface area contributed by atoms with Crippen molar-refractivity contribution in [2.24, 2.45) is 5.92 Å². The van der Waals surface area contributed by atoms with Gasteiger partial charge in [-0.15, -0.1) is 0 Å². The van der Waals surface area contributed by atoms with Crippen LogP contribution in [0.25, 0.3) is 0 Å². The summed E-state index contributed by atoms with van der Waals surface area (Å²) >= 11 is 0. The summed E-state index contributed by atoms with van der Waals surface area (Å²) in [6.45, 7) is 3.64. The first kappa shape index (κ1) is 13.0. The lowest BCUT2D eigenvalue weighted by molar-refractivity contribution is -0.384. The van der Waals surface area contributed by atoms with E-state index in [2.05, 4.69) is 5.32 Å². The van der Waals surface area contributed by atoms with E-state index in [1.807, 2.05) is 12.1 Å². The highest BCUT2D eigenvalue weighted by Gasteiger charge is 2.14. The molecule has 1 aromatic carbocycles. The van der Waals surface area contributed by atoms with Gasteiger partial charge in [-0.2, -0.15) is 0 Å². The number of benzene rings is 1. The number of ether oxygens (including phenoxy) is 1. The predicted molar refractivity (Wildman–Crippen MR) is 68.6 cm³/mol. The molecule has 0 spiro atoms. The van der Waals surface area contributed by atoms with Crippen molar-refractivity contribution in [2.75, 3.05) is 26.3 Å². The van der Waals surface area contributed by atoms with Crippen molar-refractivity contribution < 1.29 is 9.66 Å². The van der Waals surface area contributed by atoms with E-state index in [4.69, 9.17) is 4.74 Å². The Morgan fingerprint density at radius 1 is 1.39 bits per heavy atom. The average Bonchev–Trinajstić information content (AvgIpc) is 2.88. The minimum atomic E-state index is -0.373. The maximum absolute atomic E-state index is 10.5. The van der Waals surface area contributed by atoms with Crippen LogP contribution < -0.4 is 5.32 Å². The summed E-state index contributed by atoms with van der Waals surface area (Å²) in [4.78, 5) is 10.1. The van der Waals surface area contributed by atoms with Gasteiger partial charge in [0.15, 0.2) is 0 Å². The molecule has 5 nitrogen and oxygen atoms in total. The van der Waals surface area contributed by atoms with Gasteiger partial charge in [-0.3, -0.25) is 10.1 Å². The van der Waals surface area contributed by atoms with Crippen LogP contribution in [0.15, 0.2) is 24.3 Å². The summed E-state index contributed by atoms with van der Waals surface area (Å²) in [5.41, 5.74) is 1.27. The summed E-state index contributed by atoms with van der Waals surface area (Å²) in [5, 5.41) is 13.9. The Bertz CT molecular complexity index is 386. The van der Waals surface area contributed by atoms with E-state index in [-0.39, 0.29) is 10.6 Å². The van der Waals surface area contributed by atoms with Crippen LogP contribution in [-0.2, 0) is 11.2 Å². The number of nitro benzene ring substituents is 1. The van der Waals surface area contributed by atoms with Crippen LogP contribution in [-0.4, -0.2) is 31.2 Å². The Hall–Kier alpha value is -1.46. The Kier molecular flexibility index (Phi) is 4.66. The van der Waals surface area contributed by atoms with Crippen molar-refractivity contribution in [2.45, 2.75) is 12.8 Å². The van der Waals surface area contributed by atoms with Crippen molar-refractivity contribution in [3.8, 4) is 0 Å². The van der Waals surface area contributed by atoms with Crippen molar-refractivity contribution in [1.29, 1.82) is 0 Å². The molecule has 0 saturated carbocycles. The van der Waals surface area contributed by atoms with Gasteiger partial charge in [-0.1, -0.05) is 12.1 Å².